The molecule has 5 atom stereocenters. The maximum atomic E-state index is 10.5. The van der Waals surface area contributed by atoms with Crippen LogP contribution in [0.1, 0.15) is 13.3 Å². The monoisotopic (exact) mass is 220 g/mol. The smallest absolute Gasteiger partial charge is 0.260 e. The van der Waals surface area contributed by atoms with Gasteiger partial charge in [0, 0.05) is 6.61 Å². The second kappa shape index (κ2) is 3.59. The lowest BCUT2D eigenvalue weighted by Crippen LogP contribution is -2.84. The molecule has 0 aromatic rings. The van der Waals surface area contributed by atoms with Crippen LogP contribution in [0.5, 0.6) is 0 Å². The van der Waals surface area contributed by atoms with Crippen LogP contribution < -0.4 is 0 Å². The molecule has 9 heteroatoms. The summed E-state index contributed by atoms with van der Waals surface area (Å²) in [5.41, 5.74) is 0. The van der Waals surface area contributed by atoms with E-state index in [1.165, 1.54) is 15.2 Å². The summed E-state index contributed by atoms with van der Waals surface area (Å²) in [4.78, 5) is 18.4. The summed E-state index contributed by atoms with van der Waals surface area (Å²) in [6.07, 6.45) is -1.17. The van der Waals surface area contributed by atoms with Crippen LogP contribution >= 0.6 is 0 Å². The van der Waals surface area contributed by atoms with Crippen molar-refractivity contribution >= 4 is 0 Å². The van der Waals surface area contributed by atoms with E-state index in [2.05, 4.69) is 9.88 Å². The zero-order chi connectivity index (χ0) is 10.4. The fraction of sp³-hybridized carbons (Fsp3) is 1.00. The third-order valence-electron chi connectivity index (χ3n) is 2.27. The second-order valence-corrected chi connectivity index (χ2v) is 3.28. The molecule has 4 fully saturated rings. The maximum Gasteiger partial charge on any atom is 0.260 e. The maximum absolute atomic E-state index is 10.5. The first-order valence-electron chi connectivity index (χ1n) is 4.63. The van der Waals surface area contributed by atoms with Crippen molar-refractivity contribution in [2.24, 2.45) is 0 Å². The van der Waals surface area contributed by atoms with Gasteiger partial charge in [-0.25, -0.2) is 0 Å². The van der Waals surface area contributed by atoms with Crippen molar-refractivity contribution in [2.45, 2.75) is 32.4 Å². The molecule has 15 heavy (non-hydrogen) atoms. The first-order valence-corrected chi connectivity index (χ1v) is 4.63. The Morgan fingerprint density at radius 3 is 2.73 bits per heavy atom. The molecule has 85 valence electrons. The molecule has 9 nitrogen and oxygen atoms in total. The first kappa shape index (κ1) is 9.84. The lowest BCUT2D eigenvalue weighted by atomic mass is 10.5. The molecule has 4 rings (SSSR count). The highest BCUT2D eigenvalue weighted by molar-refractivity contribution is 4.74. The van der Waals surface area contributed by atoms with Crippen molar-refractivity contribution in [2.75, 3.05) is 6.61 Å². The van der Waals surface area contributed by atoms with Crippen molar-refractivity contribution in [1.29, 1.82) is 0 Å². The third kappa shape index (κ3) is 1.24. The van der Waals surface area contributed by atoms with Crippen LogP contribution in [0.3, 0.4) is 0 Å². The number of rotatable bonds is 4. The summed E-state index contributed by atoms with van der Waals surface area (Å²) in [5, 5.41) is 14.4. The molecule has 4 aliphatic rings. The van der Waals surface area contributed by atoms with E-state index in [1.807, 2.05) is 6.92 Å². The largest absolute Gasteiger partial charge is 0.346 e. The predicted molar refractivity (Wildman–Crippen MR) is 38.2 cm³/mol. The van der Waals surface area contributed by atoms with E-state index in [9.17, 15) is 5.26 Å². The molecule has 4 aliphatic heterocycles. The molecule has 0 aromatic heterocycles. The van der Waals surface area contributed by atoms with Crippen molar-refractivity contribution in [1.82, 2.24) is 15.2 Å². The van der Waals surface area contributed by atoms with E-state index in [-0.39, 0.29) is 0 Å². The van der Waals surface area contributed by atoms with Crippen LogP contribution in [-0.4, -0.2) is 40.9 Å². The normalized spacial score (nSPS) is 48.0. The minimum Gasteiger partial charge on any atom is -0.346 e. The number of hydroxylamine groups is 6. The topological polar surface area (TPSA) is 75.8 Å². The highest BCUT2D eigenvalue weighted by atomic mass is 17.4. The number of ether oxygens (including phenoxy) is 1. The Labute approximate surface area is 84.9 Å². The molecule has 0 aliphatic carbocycles. The van der Waals surface area contributed by atoms with Gasteiger partial charge in [-0.05, 0) is 11.7 Å². The van der Waals surface area contributed by atoms with Gasteiger partial charge in [0.25, 0.3) is 12.7 Å². The molecule has 5 unspecified atom stereocenters. The van der Waals surface area contributed by atoms with Gasteiger partial charge < -0.3 is 4.74 Å². The third-order valence-corrected chi connectivity index (χ3v) is 2.27. The summed E-state index contributed by atoms with van der Waals surface area (Å²) < 4.78 is 5.42. The quantitative estimate of drug-likeness (QED) is 0.454. The van der Waals surface area contributed by atoms with Crippen molar-refractivity contribution in [3.8, 4) is 0 Å². The molecule has 1 radical (unpaired) electrons. The van der Waals surface area contributed by atoms with Crippen LogP contribution in [-0.2, 0) is 29.7 Å². The highest BCUT2D eigenvalue weighted by Crippen LogP contribution is 2.41. The van der Waals surface area contributed by atoms with Crippen molar-refractivity contribution < 1.29 is 29.7 Å². The van der Waals surface area contributed by atoms with E-state index in [0.29, 0.717) is 6.61 Å². The molecule has 0 N–H and O–H groups in total. The SMILES string of the molecule is CCCOC1N2ON1C1OON1C2O[O]. The Balaban J connectivity index is 1.68. The van der Waals surface area contributed by atoms with Gasteiger partial charge in [0.05, 0.1) is 0 Å². The zero-order valence-electron chi connectivity index (χ0n) is 7.94. The molecule has 0 amide bonds. The van der Waals surface area contributed by atoms with Gasteiger partial charge in [0.15, 0.2) is 0 Å². The van der Waals surface area contributed by atoms with Gasteiger partial charge in [-0.1, -0.05) is 22.1 Å². The molecular weight excluding hydrogens is 210 g/mol. The fourth-order valence-corrected chi connectivity index (χ4v) is 1.56. The lowest BCUT2D eigenvalue weighted by molar-refractivity contribution is -0.783. The van der Waals surface area contributed by atoms with Gasteiger partial charge in [-0.15, -0.1) is 4.99 Å². The summed E-state index contributed by atoms with van der Waals surface area (Å²) in [7, 11) is 0. The van der Waals surface area contributed by atoms with E-state index < -0.39 is 19.1 Å². The van der Waals surface area contributed by atoms with Gasteiger partial charge in [-0.3, -0.25) is 0 Å². The van der Waals surface area contributed by atoms with Crippen LogP contribution in [0.4, 0.5) is 0 Å². The first-order chi connectivity index (χ1) is 7.36. The van der Waals surface area contributed by atoms with E-state index in [4.69, 9.17) is 14.6 Å². The molecule has 0 spiro atoms. The standard InChI is InChI=1S/C6H10N3O6/c1-2-3-11-4-7-5(12-10)9-6(13-15-9)8(4)14-7/h4-6H,2-3H2,1H3. The van der Waals surface area contributed by atoms with Crippen LogP contribution in [0.25, 0.3) is 0 Å². The fourth-order valence-electron chi connectivity index (χ4n) is 1.56. The van der Waals surface area contributed by atoms with Gasteiger partial charge in [0.1, 0.15) is 0 Å². The van der Waals surface area contributed by atoms with Gasteiger partial charge in [0.2, 0.25) is 6.35 Å². The molecule has 0 aromatic carbocycles. The molecule has 4 heterocycles. The predicted octanol–water partition coefficient (Wildman–Crippen LogP) is -0.718. The number of hydrogen-bond acceptors (Lipinski definition) is 8. The van der Waals surface area contributed by atoms with Crippen molar-refractivity contribution in [3.63, 3.8) is 0 Å². The summed E-state index contributed by atoms with van der Waals surface area (Å²) >= 11 is 0. The Morgan fingerprint density at radius 2 is 2.13 bits per heavy atom. The Morgan fingerprint density at radius 1 is 1.27 bits per heavy atom. The number of nitrogens with zero attached hydrogens (tertiary/aromatic N) is 3. The van der Waals surface area contributed by atoms with Crippen LogP contribution in [0, 0.1) is 0 Å². The minimum atomic E-state index is -0.990. The van der Waals surface area contributed by atoms with Gasteiger partial charge in [-0.2, -0.15) is 14.7 Å². The Hall–Kier alpha value is -0.360. The van der Waals surface area contributed by atoms with Crippen LogP contribution in [0.2, 0.25) is 0 Å². The molecule has 0 saturated carbocycles. The highest BCUT2D eigenvalue weighted by Gasteiger charge is 2.65. The summed E-state index contributed by atoms with van der Waals surface area (Å²) in [6.45, 7) is 2.54. The Kier molecular flexibility index (Phi) is 2.35. The summed E-state index contributed by atoms with van der Waals surface area (Å²) in [6, 6.07) is 0. The number of hydrogen-bond donors (Lipinski definition) is 0. The molecule has 2 bridgehead atoms. The average Bonchev–Trinajstić information content (AvgIpc) is 2.18. The van der Waals surface area contributed by atoms with E-state index in [0.717, 1.165) is 6.42 Å². The van der Waals surface area contributed by atoms with E-state index >= 15 is 0 Å². The van der Waals surface area contributed by atoms with Gasteiger partial charge >= 0.3 is 0 Å². The molecular formula is C6H10N3O6. The average molecular weight is 220 g/mol. The minimum absolute atomic E-state index is 0.464. The Bertz CT molecular complexity index is 255. The van der Waals surface area contributed by atoms with Crippen LogP contribution in [0.15, 0.2) is 0 Å². The van der Waals surface area contributed by atoms with Crippen molar-refractivity contribution in [3.05, 3.63) is 0 Å². The summed E-state index contributed by atoms with van der Waals surface area (Å²) in [5.74, 6) is 0. The lowest BCUT2D eigenvalue weighted by Gasteiger charge is -2.61. The van der Waals surface area contributed by atoms with E-state index in [1.54, 1.807) is 0 Å². The second-order valence-electron chi connectivity index (χ2n) is 3.28. The molecule has 4 saturated heterocycles. The zero-order valence-corrected chi connectivity index (χ0v) is 7.94.